The van der Waals surface area contributed by atoms with Gasteiger partial charge in [0.15, 0.2) is 0 Å². The fraction of sp³-hybridized carbons (Fsp3) is 0.308. The molecule has 4 heteroatoms. The van der Waals surface area contributed by atoms with Gasteiger partial charge in [-0.1, -0.05) is 0 Å². The van der Waals surface area contributed by atoms with E-state index in [1.807, 2.05) is 36.7 Å². The molecule has 0 spiro atoms. The van der Waals surface area contributed by atoms with Crippen LogP contribution in [0.1, 0.15) is 17.0 Å². The van der Waals surface area contributed by atoms with E-state index in [2.05, 4.69) is 12.0 Å². The molecule has 17 heavy (non-hydrogen) atoms. The summed E-state index contributed by atoms with van der Waals surface area (Å²) in [5, 5.41) is 4.50. The van der Waals surface area contributed by atoms with E-state index in [4.69, 9.17) is 10.5 Å². The molecule has 0 fully saturated rings. The van der Waals surface area contributed by atoms with Gasteiger partial charge in [0.2, 0.25) is 0 Å². The Balaban J connectivity index is 2.63. The van der Waals surface area contributed by atoms with Crippen LogP contribution in [0.4, 0.5) is 5.69 Å². The minimum absolute atomic E-state index is 0.691. The highest BCUT2D eigenvalue weighted by Gasteiger charge is 2.11. The summed E-state index contributed by atoms with van der Waals surface area (Å²) < 4.78 is 7.08. The zero-order valence-electron chi connectivity index (χ0n) is 10.6. The van der Waals surface area contributed by atoms with Gasteiger partial charge in [-0.05, 0) is 38.5 Å². The lowest BCUT2D eigenvalue weighted by Gasteiger charge is -2.10. The Labute approximate surface area is 101 Å². The SMILES string of the molecule is COc1ccc(N)c(-n2nc(C)c(C)c2C)c1. The van der Waals surface area contributed by atoms with Crippen molar-refractivity contribution in [3.8, 4) is 11.4 Å². The highest BCUT2D eigenvalue weighted by Crippen LogP contribution is 2.25. The number of benzene rings is 1. The molecule has 0 bridgehead atoms. The molecule has 1 heterocycles. The van der Waals surface area contributed by atoms with E-state index in [1.165, 1.54) is 5.56 Å². The van der Waals surface area contributed by atoms with Gasteiger partial charge >= 0.3 is 0 Å². The Morgan fingerprint density at radius 2 is 1.94 bits per heavy atom. The van der Waals surface area contributed by atoms with Gasteiger partial charge in [-0.15, -0.1) is 0 Å². The molecule has 2 N–H and O–H groups in total. The molecule has 0 aliphatic carbocycles. The predicted octanol–water partition coefficient (Wildman–Crippen LogP) is 2.39. The number of methoxy groups -OCH3 is 1. The summed E-state index contributed by atoms with van der Waals surface area (Å²) in [6.45, 7) is 6.09. The summed E-state index contributed by atoms with van der Waals surface area (Å²) in [5.74, 6) is 0.777. The summed E-state index contributed by atoms with van der Waals surface area (Å²) in [4.78, 5) is 0. The van der Waals surface area contributed by atoms with Crippen molar-refractivity contribution in [1.29, 1.82) is 0 Å². The first-order valence-corrected chi connectivity index (χ1v) is 5.51. The minimum atomic E-state index is 0.691. The molecule has 4 nitrogen and oxygen atoms in total. The number of hydrogen-bond acceptors (Lipinski definition) is 3. The number of aryl methyl sites for hydroxylation is 1. The van der Waals surface area contributed by atoms with Gasteiger partial charge in [-0.2, -0.15) is 5.10 Å². The van der Waals surface area contributed by atoms with Crippen molar-refractivity contribution in [2.75, 3.05) is 12.8 Å². The average Bonchev–Trinajstić information content (AvgIpc) is 2.58. The van der Waals surface area contributed by atoms with E-state index in [-0.39, 0.29) is 0 Å². The summed E-state index contributed by atoms with van der Waals surface area (Å²) >= 11 is 0. The highest BCUT2D eigenvalue weighted by molar-refractivity contribution is 5.61. The first-order chi connectivity index (χ1) is 8.04. The fourth-order valence-corrected chi connectivity index (χ4v) is 1.79. The standard InChI is InChI=1S/C13H17N3O/c1-8-9(2)15-16(10(8)3)13-7-11(17-4)5-6-12(13)14/h5-7H,14H2,1-4H3. The minimum Gasteiger partial charge on any atom is -0.497 e. The van der Waals surface area contributed by atoms with Gasteiger partial charge < -0.3 is 10.5 Å². The molecule has 0 saturated carbocycles. The van der Waals surface area contributed by atoms with Crippen LogP contribution in [0.3, 0.4) is 0 Å². The number of aromatic nitrogens is 2. The quantitative estimate of drug-likeness (QED) is 0.807. The third-order valence-corrected chi connectivity index (χ3v) is 3.12. The van der Waals surface area contributed by atoms with Crippen LogP contribution in [0, 0.1) is 20.8 Å². The van der Waals surface area contributed by atoms with Crippen LogP contribution in [-0.2, 0) is 0 Å². The van der Waals surface area contributed by atoms with E-state index in [9.17, 15) is 0 Å². The van der Waals surface area contributed by atoms with Crippen LogP contribution in [-0.4, -0.2) is 16.9 Å². The molecule has 0 unspecified atom stereocenters. The number of ether oxygens (including phenoxy) is 1. The molecule has 0 radical (unpaired) electrons. The van der Waals surface area contributed by atoms with Gasteiger partial charge in [0, 0.05) is 11.8 Å². The Morgan fingerprint density at radius 3 is 2.47 bits per heavy atom. The molecule has 1 aromatic carbocycles. The summed E-state index contributed by atoms with van der Waals surface area (Å²) in [6.07, 6.45) is 0. The Hall–Kier alpha value is -1.97. The number of nitrogen functional groups attached to an aromatic ring is 1. The van der Waals surface area contributed by atoms with Gasteiger partial charge in [0.25, 0.3) is 0 Å². The van der Waals surface area contributed by atoms with Crippen LogP contribution in [0.15, 0.2) is 18.2 Å². The van der Waals surface area contributed by atoms with Crippen molar-refractivity contribution in [1.82, 2.24) is 9.78 Å². The number of nitrogens with zero attached hydrogens (tertiary/aromatic N) is 2. The lowest BCUT2D eigenvalue weighted by atomic mass is 10.2. The number of rotatable bonds is 2. The fourth-order valence-electron chi connectivity index (χ4n) is 1.79. The van der Waals surface area contributed by atoms with Crippen LogP contribution in [0.25, 0.3) is 5.69 Å². The molecular formula is C13H17N3O. The number of hydrogen-bond donors (Lipinski definition) is 1. The second kappa shape index (κ2) is 4.13. The monoisotopic (exact) mass is 231 g/mol. The molecule has 0 atom stereocenters. The largest absolute Gasteiger partial charge is 0.497 e. The third kappa shape index (κ3) is 1.86. The molecule has 0 saturated heterocycles. The van der Waals surface area contributed by atoms with Crippen molar-refractivity contribution in [3.63, 3.8) is 0 Å². The third-order valence-electron chi connectivity index (χ3n) is 3.12. The first-order valence-electron chi connectivity index (χ1n) is 5.51. The van der Waals surface area contributed by atoms with E-state index in [0.29, 0.717) is 5.69 Å². The topological polar surface area (TPSA) is 53.1 Å². The molecule has 0 aliphatic heterocycles. The summed E-state index contributed by atoms with van der Waals surface area (Å²) in [7, 11) is 1.64. The molecule has 2 rings (SSSR count). The van der Waals surface area contributed by atoms with Crippen molar-refractivity contribution in [2.24, 2.45) is 0 Å². The second-order valence-electron chi connectivity index (χ2n) is 4.13. The maximum absolute atomic E-state index is 5.99. The predicted molar refractivity (Wildman–Crippen MR) is 68.7 cm³/mol. The molecule has 2 aromatic rings. The smallest absolute Gasteiger partial charge is 0.121 e. The molecule has 0 aliphatic rings. The molecule has 1 aromatic heterocycles. The molecular weight excluding hydrogens is 214 g/mol. The van der Waals surface area contributed by atoms with Crippen LogP contribution >= 0.6 is 0 Å². The van der Waals surface area contributed by atoms with E-state index in [0.717, 1.165) is 22.8 Å². The maximum atomic E-state index is 5.99. The second-order valence-corrected chi connectivity index (χ2v) is 4.13. The van der Waals surface area contributed by atoms with Crippen molar-refractivity contribution in [3.05, 3.63) is 35.2 Å². The molecule has 0 amide bonds. The lowest BCUT2D eigenvalue weighted by Crippen LogP contribution is -2.04. The Bertz CT molecular complexity index is 558. The molecule has 90 valence electrons. The van der Waals surface area contributed by atoms with Gasteiger partial charge in [-0.25, -0.2) is 4.68 Å². The first kappa shape index (κ1) is 11.5. The van der Waals surface area contributed by atoms with Crippen LogP contribution in [0.2, 0.25) is 0 Å². The van der Waals surface area contributed by atoms with Crippen LogP contribution < -0.4 is 10.5 Å². The van der Waals surface area contributed by atoms with Gasteiger partial charge in [-0.3, -0.25) is 0 Å². The maximum Gasteiger partial charge on any atom is 0.121 e. The van der Waals surface area contributed by atoms with Crippen LogP contribution in [0.5, 0.6) is 5.75 Å². The highest BCUT2D eigenvalue weighted by atomic mass is 16.5. The van der Waals surface area contributed by atoms with E-state index in [1.54, 1.807) is 7.11 Å². The lowest BCUT2D eigenvalue weighted by molar-refractivity contribution is 0.414. The van der Waals surface area contributed by atoms with Crippen molar-refractivity contribution >= 4 is 5.69 Å². The summed E-state index contributed by atoms with van der Waals surface area (Å²) in [5.41, 5.74) is 10.8. The Morgan fingerprint density at radius 1 is 1.24 bits per heavy atom. The zero-order chi connectivity index (χ0) is 12.6. The van der Waals surface area contributed by atoms with E-state index < -0.39 is 0 Å². The van der Waals surface area contributed by atoms with Gasteiger partial charge in [0.05, 0.1) is 24.2 Å². The van der Waals surface area contributed by atoms with E-state index >= 15 is 0 Å². The average molecular weight is 231 g/mol. The van der Waals surface area contributed by atoms with Crippen molar-refractivity contribution < 1.29 is 4.74 Å². The van der Waals surface area contributed by atoms with Gasteiger partial charge in [0.1, 0.15) is 5.75 Å². The van der Waals surface area contributed by atoms with Crippen molar-refractivity contribution in [2.45, 2.75) is 20.8 Å². The zero-order valence-corrected chi connectivity index (χ0v) is 10.6. The summed E-state index contributed by atoms with van der Waals surface area (Å²) in [6, 6.07) is 5.57. The Kier molecular flexibility index (Phi) is 2.79. The normalized spacial score (nSPS) is 10.6. The number of anilines is 1. The number of nitrogens with two attached hydrogens (primary N) is 1.